The molecule has 0 spiro atoms. The number of nitrogens with two attached hydrogens (primary N) is 1. The van der Waals surface area contributed by atoms with E-state index < -0.39 is 12.0 Å². The number of carbonyl (C=O) groups is 2. The van der Waals surface area contributed by atoms with E-state index in [2.05, 4.69) is 10.1 Å². The van der Waals surface area contributed by atoms with E-state index in [9.17, 15) is 9.59 Å². The van der Waals surface area contributed by atoms with E-state index >= 15 is 0 Å². The lowest BCUT2D eigenvalue weighted by Crippen LogP contribution is -2.44. The van der Waals surface area contributed by atoms with Gasteiger partial charge >= 0.3 is 5.97 Å². The van der Waals surface area contributed by atoms with Gasteiger partial charge in [0.2, 0.25) is 5.91 Å². The third-order valence-electron chi connectivity index (χ3n) is 2.64. The zero-order valence-electron chi connectivity index (χ0n) is 11.9. The van der Waals surface area contributed by atoms with Crippen molar-refractivity contribution < 1.29 is 14.3 Å². The van der Waals surface area contributed by atoms with Crippen LogP contribution in [-0.2, 0) is 14.3 Å². The van der Waals surface area contributed by atoms with Crippen LogP contribution in [0.25, 0.3) is 0 Å². The molecule has 1 amide bonds. The highest BCUT2D eigenvalue weighted by Gasteiger charge is 2.23. The lowest BCUT2D eigenvalue weighted by atomic mass is 10.0. The van der Waals surface area contributed by atoms with Crippen LogP contribution in [0.15, 0.2) is 0 Å². The van der Waals surface area contributed by atoms with E-state index in [1.54, 1.807) is 0 Å². The fraction of sp³-hybridized carbons (Fsp3) is 0.846. The van der Waals surface area contributed by atoms with Crippen LogP contribution in [-0.4, -0.2) is 31.1 Å². The third-order valence-corrected chi connectivity index (χ3v) is 2.64. The molecule has 0 bridgehead atoms. The second-order valence-corrected chi connectivity index (χ2v) is 5.03. The van der Waals surface area contributed by atoms with Crippen molar-refractivity contribution in [3.63, 3.8) is 0 Å². The Morgan fingerprint density at radius 3 is 2.39 bits per heavy atom. The van der Waals surface area contributed by atoms with Crippen molar-refractivity contribution in [2.24, 2.45) is 11.7 Å². The van der Waals surface area contributed by atoms with Crippen molar-refractivity contribution in [1.29, 1.82) is 0 Å². The van der Waals surface area contributed by atoms with Crippen LogP contribution in [0, 0.1) is 5.92 Å². The number of ether oxygens (including phenoxy) is 1. The molecule has 0 aliphatic heterocycles. The minimum Gasteiger partial charge on any atom is -0.467 e. The standard InChI is InChI=1S/C13H26N2O3/c1-5-6-10(14)8-12(16)15-11(7-9(2)3)13(17)18-4/h9-11H,5-8,14H2,1-4H3,(H,15,16). The van der Waals surface area contributed by atoms with Gasteiger partial charge in [-0.1, -0.05) is 27.2 Å². The minimum atomic E-state index is -0.573. The van der Waals surface area contributed by atoms with E-state index in [-0.39, 0.29) is 18.4 Å². The number of hydrogen-bond donors (Lipinski definition) is 2. The minimum absolute atomic E-state index is 0.146. The van der Waals surface area contributed by atoms with Crippen molar-refractivity contribution in [3.8, 4) is 0 Å². The first kappa shape index (κ1) is 16.9. The monoisotopic (exact) mass is 258 g/mol. The number of nitrogens with one attached hydrogen (secondary N) is 1. The largest absolute Gasteiger partial charge is 0.467 e. The highest BCUT2D eigenvalue weighted by Crippen LogP contribution is 2.07. The summed E-state index contributed by atoms with van der Waals surface area (Å²) < 4.78 is 4.68. The van der Waals surface area contributed by atoms with Gasteiger partial charge in [0.25, 0.3) is 0 Å². The molecule has 3 N–H and O–H groups in total. The summed E-state index contributed by atoms with van der Waals surface area (Å²) in [5.74, 6) is -0.285. The second-order valence-electron chi connectivity index (χ2n) is 5.03. The zero-order chi connectivity index (χ0) is 14.1. The number of methoxy groups -OCH3 is 1. The highest BCUT2D eigenvalue weighted by atomic mass is 16.5. The Hall–Kier alpha value is -1.10. The summed E-state index contributed by atoms with van der Waals surface area (Å²) >= 11 is 0. The van der Waals surface area contributed by atoms with Crippen LogP contribution in [0.5, 0.6) is 0 Å². The van der Waals surface area contributed by atoms with E-state index in [4.69, 9.17) is 5.73 Å². The summed E-state index contributed by atoms with van der Waals surface area (Å²) in [4.78, 5) is 23.3. The molecule has 0 radical (unpaired) electrons. The van der Waals surface area contributed by atoms with Gasteiger partial charge in [0, 0.05) is 12.5 Å². The van der Waals surface area contributed by atoms with Crippen LogP contribution in [0.4, 0.5) is 0 Å². The van der Waals surface area contributed by atoms with Crippen LogP contribution in [0.2, 0.25) is 0 Å². The smallest absolute Gasteiger partial charge is 0.328 e. The average Bonchev–Trinajstić information content (AvgIpc) is 2.26. The van der Waals surface area contributed by atoms with Crippen molar-refractivity contribution in [3.05, 3.63) is 0 Å². The van der Waals surface area contributed by atoms with Gasteiger partial charge in [-0.3, -0.25) is 4.79 Å². The molecule has 2 atom stereocenters. The molecule has 0 aromatic rings. The van der Waals surface area contributed by atoms with Gasteiger partial charge in [0.15, 0.2) is 0 Å². The molecule has 0 aromatic heterocycles. The van der Waals surface area contributed by atoms with Crippen LogP contribution in [0.1, 0.15) is 46.5 Å². The molecule has 0 saturated carbocycles. The lowest BCUT2D eigenvalue weighted by molar-refractivity contribution is -0.145. The van der Waals surface area contributed by atoms with Crippen molar-refractivity contribution in [1.82, 2.24) is 5.32 Å². The molecule has 2 unspecified atom stereocenters. The number of rotatable bonds is 8. The Bertz CT molecular complexity index is 267. The number of amides is 1. The van der Waals surface area contributed by atoms with E-state index in [0.29, 0.717) is 12.3 Å². The normalized spacial score (nSPS) is 14.1. The lowest BCUT2D eigenvalue weighted by Gasteiger charge is -2.19. The molecular formula is C13H26N2O3. The highest BCUT2D eigenvalue weighted by molar-refractivity contribution is 5.84. The van der Waals surface area contributed by atoms with Crippen LogP contribution < -0.4 is 11.1 Å². The molecule has 0 aromatic carbocycles. The van der Waals surface area contributed by atoms with Gasteiger partial charge in [0.05, 0.1) is 7.11 Å². The first-order chi connectivity index (χ1) is 8.40. The molecule has 0 rings (SSSR count). The maximum absolute atomic E-state index is 11.7. The van der Waals surface area contributed by atoms with Crippen molar-refractivity contribution in [2.45, 2.75) is 58.5 Å². The van der Waals surface area contributed by atoms with E-state index in [1.165, 1.54) is 7.11 Å². The summed E-state index contributed by atoms with van der Waals surface area (Å²) in [6.45, 7) is 6.00. The maximum atomic E-state index is 11.7. The third kappa shape index (κ3) is 7.27. The van der Waals surface area contributed by atoms with Crippen molar-refractivity contribution in [2.75, 3.05) is 7.11 Å². The number of esters is 1. The topological polar surface area (TPSA) is 81.4 Å². The molecule has 18 heavy (non-hydrogen) atoms. The Morgan fingerprint density at radius 1 is 1.33 bits per heavy atom. The molecule has 0 fully saturated rings. The fourth-order valence-corrected chi connectivity index (χ4v) is 1.79. The van der Waals surface area contributed by atoms with E-state index in [1.807, 2.05) is 20.8 Å². The molecular weight excluding hydrogens is 232 g/mol. The summed E-state index contributed by atoms with van der Waals surface area (Å²) in [7, 11) is 1.32. The second kappa shape index (κ2) is 8.91. The molecule has 0 aliphatic rings. The predicted octanol–water partition coefficient (Wildman–Crippen LogP) is 1.21. The SMILES string of the molecule is CCCC(N)CC(=O)NC(CC(C)C)C(=O)OC. The van der Waals surface area contributed by atoms with Gasteiger partial charge in [-0.25, -0.2) is 4.79 Å². The van der Waals surface area contributed by atoms with Crippen molar-refractivity contribution >= 4 is 11.9 Å². The molecule has 5 nitrogen and oxygen atoms in total. The summed E-state index contributed by atoms with van der Waals surface area (Å²) in [6, 6.07) is -0.719. The van der Waals surface area contributed by atoms with Gasteiger partial charge < -0.3 is 15.8 Å². The molecule has 0 saturated heterocycles. The average molecular weight is 258 g/mol. The Labute approximate surface area is 109 Å². The first-order valence-corrected chi connectivity index (χ1v) is 6.53. The number of carbonyl (C=O) groups excluding carboxylic acids is 2. The first-order valence-electron chi connectivity index (χ1n) is 6.53. The van der Waals surface area contributed by atoms with Gasteiger partial charge in [-0.2, -0.15) is 0 Å². The molecule has 106 valence electrons. The van der Waals surface area contributed by atoms with Gasteiger partial charge in [-0.15, -0.1) is 0 Å². The molecule has 0 aliphatic carbocycles. The Morgan fingerprint density at radius 2 is 1.94 bits per heavy atom. The van der Waals surface area contributed by atoms with Gasteiger partial charge in [0.1, 0.15) is 6.04 Å². The van der Waals surface area contributed by atoms with Crippen LogP contribution in [0.3, 0.4) is 0 Å². The predicted molar refractivity (Wildman–Crippen MR) is 70.9 cm³/mol. The molecule has 5 heteroatoms. The Kier molecular flexibility index (Phi) is 8.37. The summed E-state index contributed by atoms with van der Waals surface area (Å²) in [5.41, 5.74) is 5.79. The summed E-state index contributed by atoms with van der Waals surface area (Å²) in [5, 5.41) is 2.69. The maximum Gasteiger partial charge on any atom is 0.328 e. The van der Waals surface area contributed by atoms with E-state index in [0.717, 1.165) is 12.8 Å². The summed E-state index contributed by atoms with van der Waals surface area (Å²) in [6.07, 6.45) is 2.57. The van der Waals surface area contributed by atoms with Crippen LogP contribution >= 0.6 is 0 Å². The zero-order valence-corrected chi connectivity index (χ0v) is 11.9. The molecule has 0 heterocycles. The Balaban J connectivity index is 4.30. The quantitative estimate of drug-likeness (QED) is 0.641. The van der Waals surface area contributed by atoms with Gasteiger partial charge in [-0.05, 0) is 18.8 Å². The number of hydrogen-bond acceptors (Lipinski definition) is 4. The fourth-order valence-electron chi connectivity index (χ4n) is 1.79.